The summed E-state index contributed by atoms with van der Waals surface area (Å²) in [7, 11) is 0. The van der Waals surface area contributed by atoms with Gasteiger partial charge in [-0.2, -0.15) is 5.26 Å². The van der Waals surface area contributed by atoms with Gasteiger partial charge < -0.3 is 5.32 Å². The van der Waals surface area contributed by atoms with Crippen LogP contribution in [0.3, 0.4) is 0 Å². The lowest BCUT2D eigenvalue weighted by molar-refractivity contribution is 0.247. The number of rotatable bonds is 4. The van der Waals surface area contributed by atoms with E-state index in [1.54, 1.807) is 0 Å². The van der Waals surface area contributed by atoms with Crippen LogP contribution in [0.2, 0.25) is 0 Å². The topological polar surface area (TPSA) is 35.8 Å². The highest BCUT2D eigenvalue weighted by Gasteiger charge is 2.20. The van der Waals surface area contributed by atoms with Crippen molar-refractivity contribution in [1.82, 2.24) is 5.32 Å². The molecule has 0 amide bonds. The fourth-order valence-corrected chi connectivity index (χ4v) is 2.23. The Bertz CT molecular complexity index is 195. The Morgan fingerprint density at radius 2 is 2.14 bits per heavy atom. The molecular formula is C12H22N2. The summed E-state index contributed by atoms with van der Waals surface area (Å²) in [6, 6.07) is 2.25. The smallest absolute Gasteiger partial charge is 0.0666 e. The Hall–Kier alpha value is -0.550. The molecule has 1 aliphatic carbocycles. The first-order valence-electron chi connectivity index (χ1n) is 5.84. The van der Waals surface area contributed by atoms with Crippen molar-refractivity contribution >= 4 is 0 Å². The van der Waals surface area contributed by atoms with Crippen LogP contribution in [0.4, 0.5) is 0 Å². The summed E-state index contributed by atoms with van der Waals surface area (Å²) in [5.41, 5.74) is 0. The molecule has 1 rings (SSSR count). The fourth-order valence-electron chi connectivity index (χ4n) is 2.23. The van der Waals surface area contributed by atoms with E-state index in [9.17, 15) is 0 Å². The van der Waals surface area contributed by atoms with E-state index in [-0.39, 0.29) is 5.92 Å². The van der Waals surface area contributed by atoms with E-state index in [1.807, 2.05) is 6.92 Å². The van der Waals surface area contributed by atoms with Crippen molar-refractivity contribution < 1.29 is 0 Å². The van der Waals surface area contributed by atoms with Crippen LogP contribution in [-0.2, 0) is 0 Å². The van der Waals surface area contributed by atoms with Crippen LogP contribution < -0.4 is 5.32 Å². The third kappa shape index (κ3) is 3.67. The van der Waals surface area contributed by atoms with E-state index in [4.69, 9.17) is 5.26 Å². The summed E-state index contributed by atoms with van der Waals surface area (Å²) >= 11 is 0. The maximum absolute atomic E-state index is 8.63. The van der Waals surface area contributed by atoms with Crippen molar-refractivity contribution in [3.8, 4) is 6.07 Å². The van der Waals surface area contributed by atoms with Gasteiger partial charge >= 0.3 is 0 Å². The molecule has 3 unspecified atom stereocenters. The second kappa shape index (κ2) is 6.03. The number of nitrogens with zero attached hydrogens (tertiary/aromatic N) is 1. The van der Waals surface area contributed by atoms with Gasteiger partial charge in [-0.25, -0.2) is 0 Å². The Morgan fingerprint density at radius 1 is 1.43 bits per heavy atom. The first-order chi connectivity index (χ1) is 6.74. The maximum Gasteiger partial charge on any atom is 0.0666 e. The van der Waals surface area contributed by atoms with Crippen LogP contribution in [0.1, 0.15) is 39.5 Å². The molecule has 0 radical (unpaired) electrons. The summed E-state index contributed by atoms with van der Waals surface area (Å²) < 4.78 is 0. The molecule has 1 fully saturated rings. The zero-order valence-corrected chi connectivity index (χ0v) is 9.42. The number of nitriles is 1. The van der Waals surface area contributed by atoms with E-state index >= 15 is 0 Å². The van der Waals surface area contributed by atoms with Gasteiger partial charge in [0.05, 0.1) is 12.0 Å². The van der Waals surface area contributed by atoms with E-state index in [0.29, 0.717) is 0 Å². The second-order valence-electron chi connectivity index (χ2n) is 4.71. The molecule has 1 aliphatic rings. The van der Waals surface area contributed by atoms with Gasteiger partial charge in [-0.1, -0.05) is 26.2 Å². The first-order valence-corrected chi connectivity index (χ1v) is 5.84. The molecule has 0 saturated heterocycles. The molecule has 1 N–H and O–H groups in total. The minimum Gasteiger partial charge on any atom is -0.315 e. The lowest BCUT2D eigenvalue weighted by Crippen LogP contribution is -2.31. The monoisotopic (exact) mass is 194 g/mol. The lowest BCUT2D eigenvalue weighted by Gasteiger charge is -2.29. The number of nitrogens with one attached hydrogen (secondary N) is 1. The van der Waals surface area contributed by atoms with Crippen molar-refractivity contribution in [2.45, 2.75) is 39.5 Å². The predicted molar refractivity (Wildman–Crippen MR) is 58.8 cm³/mol. The molecule has 0 aromatic rings. The highest BCUT2D eigenvalue weighted by Crippen LogP contribution is 2.28. The highest BCUT2D eigenvalue weighted by molar-refractivity contribution is 4.81. The van der Waals surface area contributed by atoms with Gasteiger partial charge in [0, 0.05) is 6.54 Å². The Kier molecular flexibility index (Phi) is 4.97. The Labute approximate surface area is 87.7 Å². The van der Waals surface area contributed by atoms with Gasteiger partial charge in [0.1, 0.15) is 0 Å². The summed E-state index contributed by atoms with van der Waals surface area (Å²) in [4.78, 5) is 0. The van der Waals surface area contributed by atoms with Crippen molar-refractivity contribution in [2.24, 2.45) is 17.8 Å². The van der Waals surface area contributed by atoms with Crippen LogP contribution in [0.25, 0.3) is 0 Å². The normalized spacial score (nSPS) is 29.5. The van der Waals surface area contributed by atoms with Crippen LogP contribution in [-0.4, -0.2) is 13.1 Å². The maximum atomic E-state index is 8.63. The molecule has 2 heteroatoms. The summed E-state index contributed by atoms with van der Waals surface area (Å²) in [6.45, 7) is 6.28. The molecular weight excluding hydrogens is 172 g/mol. The van der Waals surface area contributed by atoms with Gasteiger partial charge in [-0.15, -0.1) is 0 Å². The van der Waals surface area contributed by atoms with Crippen LogP contribution in [0, 0.1) is 29.1 Å². The van der Waals surface area contributed by atoms with E-state index in [0.717, 1.165) is 24.9 Å². The summed E-state index contributed by atoms with van der Waals surface area (Å²) in [5, 5.41) is 12.0. The molecule has 1 saturated carbocycles. The molecule has 0 spiro atoms. The summed E-state index contributed by atoms with van der Waals surface area (Å²) in [5.74, 6) is 1.86. The molecule has 0 bridgehead atoms. The number of hydrogen-bond donors (Lipinski definition) is 1. The fraction of sp³-hybridized carbons (Fsp3) is 0.917. The molecule has 80 valence electrons. The zero-order valence-electron chi connectivity index (χ0n) is 9.42. The van der Waals surface area contributed by atoms with E-state index in [2.05, 4.69) is 18.3 Å². The molecule has 0 aromatic heterocycles. The van der Waals surface area contributed by atoms with Crippen molar-refractivity contribution in [2.75, 3.05) is 13.1 Å². The van der Waals surface area contributed by atoms with Gasteiger partial charge in [-0.3, -0.25) is 0 Å². The average Bonchev–Trinajstić information content (AvgIpc) is 2.20. The quantitative estimate of drug-likeness (QED) is 0.746. The SMILES string of the molecule is CC(C#N)CNCC1CCCCC1C. The van der Waals surface area contributed by atoms with E-state index < -0.39 is 0 Å². The molecule has 0 aromatic carbocycles. The van der Waals surface area contributed by atoms with Crippen molar-refractivity contribution in [3.63, 3.8) is 0 Å². The Morgan fingerprint density at radius 3 is 2.79 bits per heavy atom. The number of hydrogen-bond acceptors (Lipinski definition) is 2. The molecule has 2 nitrogen and oxygen atoms in total. The van der Waals surface area contributed by atoms with Crippen molar-refractivity contribution in [3.05, 3.63) is 0 Å². The van der Waals surface area contributed by atoms with Crippen LogP contribution in [0.5, 0.6) is 0 Å². The van der Waals surface area contributed by atoms with Gasteiger partial charge in [0.25, 0.3) is 0 Å². The van der Waals surface area contributed by atoms with Gasteiger partial charge in [0.15, 0.2) is 0 Å². The molecule has 0 heterocycles. The zero-order chi connectivity index (χ0) is 10.4. The summed E-state index contributed by atoms with van der Waals surface area (Å²) in [6.07, 6.45) is 5.56. The lowest BCUT2D eigenvalue weighted by atomic mass is 9.80. The van der Waals surface area contributed by atoms with E-state index in [1.165, 1.54) is 25.7 Å². The largest absolute Gasteiger partial charge is 0.315 e. The molecule has 0 aliphatic heterocycles. The predicted octanol–water partition coefficient (Wildman–Crippen LogP) is 2.56. The molecule has 14 heavy (non-hydrogen) atoms. The van der Waals surface area contributed by atoms with Crippen LogP contribution in [0.15, 0.2) is 0 Å². The third-order valence-corrected chi connectivity index (χ3v) is 3.37. The second-order valence-corrected chi connectivity index (χ2v) is 4.71. The highest BCUT2D eigenvalue weighted by atomic mass is 14.9. The first kappa shape index (κ1) is 11.5. The standard InChI is InChI=1S/C12H22N2/c1-10(7-13)8-14-9-12-6-4-3-5-11(12)2/h10-12,14H,3-6,8-9H2,1-2H3. The minimum absolute atomic E-state index is 0.147. The third-order valence-electron chi connectivity index (χ3n) is 3.37. The van der Waals surface area contributed by atoms with Gasteiger partial charge in [-0.05, 0) is 31.7 Å². The van der Waals surface area contributed by atoms with Crippen LogP contribution >= 0.6 is 0 Å². The average molecular weight is 194 g/mol. The minimum atomic E-state index is 0.147. The molecule has 3 atom stereocenters. The Balaban J connectivity index is 2.14. The van der Waals surface area contributed by atoms with Gasteiger partial charge in [0.2, 0.25) is 0 Å². The van der Waals surface area contributed by atoms with Crippen molar-refractivity contribution in [1.29, 1.82) is 5.26 Å².